The van der Waals surface area contributed by atoms with E-state index in [2.05, 4.69) is 20.2 Å². The van der Waals surface area contributed by atoms with Gasteiger partial charge >= 0.3 is 0 Å². The second kappa shape index (κ2) is 8.05. The minimum absolute atomic E-state index is 0.188. The van der Waals surface area contributed by atoms with Gasteiger partial charge in [0.15, 0.2) is 0 Å². The summed E-state index contributed by atoms with van der Waals surface area (Å²) in [5.41, 5.74) is 2.44. The predicted octanol–water partition coefficient (Wildman–Crippen LogP) is 0.500. The molecule has 1 aliphatic rings. The molecule has 1 aromatic heterocycles. The molecule has 1 fully saturated rings. The smallest absolute Gasteiger partial charge is 0.251 e. The van der Waals surface area contributed by atoms with E-state index in [-0.39, 0.29) is 12.5 Å². The molecule has 3 rings (SSSR count). The van der Waals surface area contributed by atoms with Gasteiger partial charge in [-0.05, 0) is 17.7 Å². The molecule has 7 nitrogen and oxygen atoms in total. The number of benzene rings is 1. The fourth-order valence-electron chi connectivity index (χ4n) is 2.67. The molecule has 1 atom stereocenters. The molecule has 1 aliphatic heterocycles. The van der Waals surface area contributed by atoms with Gasteiger partial charge in [0.2, 0.25) is 0 Å². The number of morpholine rings is 1. The molecule has 3 N–H and O–H groups in total. The molecule has 2 heterocycles. The third-order valence-corrected chi connectivity index (χ3v) is 4.03. The van der Waals surface area contributed by atoms with E-state index in [0.29, 0.717) is 25.3 Å². The van der Waals surface area contributed by atoms with E-state index in [0.717, 1.165) is 24.3 Å². The molecule has 24 heavy (non-hydrogen) atoms. The summed E-state index contributed by atoms with van der Waals surface area (Å²) >= 11 is 0. The highest BCUT2D eigenvalue weighted by atomic mass is 16.5. The number of amides is 1. The lowest BCUT2D eigenvalue weighted by Crippen LogP contribution is -2.44. The molecule has 0 radical (unpaired) electrons. The van der Waals surface area contributed by atoms with Crippen LogP contribution in [0.2, 0.25) is 0 Å². The van der Waals surface area contributed by atoms with Crippen molar-refractivity contribution in [2.45, 2.75) is 6.10 Å². The number of rotatable bonds is 6. The summed E-state index contributed by atoms with van der Waals surface area (Å²) < 4.78 is 5.27. The summed E-state index contributed by atoms with van der Waals surface area (Å²) in [4.78, 5) is 21.3. The van der Waals surface area contributed by atoms with Crippen molar-refractivity contribution in [1.82, 2.24) is 20.2 Å². The second-order valence-electron chi connectivity index (χ2n) is 5.82. The number of hydrogen-bond donors (Lipinski definition) is 3. The van der Waals surface area contributed by atoms with Crippen molar-refractivity contribution in [3.05, 3.63) is 42.4 Å². The van der Waals surface area contributed by atoms with Crippen molar-refractivity contribution < 1.29 is 14.6 Å². The zero-order valence-corrected chi connectivity index (χ0v) is 13.4. The Morgan fingerprint density at radius 1 is 1.33 bits per heavy atom. The first kappa shape index (κ1) is 16.6. The Morgan fingerprint density at radius 2 is 2.08 bits per heavy atom. The van der Waals surface area contributed by atoms with E-state index >= 15 is 0 Å². The topological polar surface area (TPSA) is 90.5 Å². The molecule has 128 valence electrons. The van der Waals surface area contributed by atoms with Crippen molar-refractivity contribution in [3.63, 3.8) is 0 Å². The summed E-state index contributed by atoms with van der Waals surface area (Å²) in [5, 5.41) is 12.8. The number of nitrogens with one attached hydrogen (secondary N) is 2. The lowest BCUT2D eigenvalue weighted by Gasteiger charge is -2.28. The van der Waals surface area contributed by atoms with Crippen LogP contribution < -0.4 is 5.32 Å². The van der Waals surface area contributed by atoms with E-state index in [1.807, 2.05) is 12.1 Å². The molecule has 0 bridgehead atoms. The van der Waals surface area contributed by atoms with Gasteiger partial charge in [0.1, 0.15) is 0 Å². The molecule has 0 saturated carbocycles. The number of nitrogens with zero attached hydrogens (tertiary/aromatic N) is 2. The highest BCUT2D eigenvalue weighted by Crippen LogP contribution is 2.16. The fraction of sp³-hybridized carbons (Fsp3) is 0.412. The molecule has 0 aliphatic carbocycles. The first-order valence-corrected chi connectivity index (χ1v) is 8.07. The number of aliphatic hydroxyl groups excluding tert-OH is 1. The van der Waals surface area contributed by atoms with E-state index in [4.69, 9.17) is 4.74 Å². The molecular weight excluding hydrogens is 308 g/mol. The van der Waals surface area contributed by atoms with Crippen LogP contribution in [0.25, 0.3) is 11.3 Å². The highest BCUT2D eigenvalue weighted by Gasteiger charge is 2.16. The van der Waals surface area contributed by atoms with Gasteiger partial charge in [0.25, 0.3) is 5.91 Å². The van der Waals surface area contributed by atoms with Crippen LogP contribution in [-0.4, -0.2) is 71.4 Å². The Balaban J connectivity index is 1.47. The quantitative estimate of drug-likeness (QED) is 0.717. The van der Waals surface area contributed by atoms with Crippen molar-refractivity contribution >= 4 is 5.91 Å². The average Bonchev–Trinajstić information content (AvgIpc) is 3.15. The number of H-pyrrole nitrogens is 1. The lowest BCUT2D eigenvalue weighted by atomic mass is 10.1. The van der Waals surface area contributed by atoms with Gasteiger partial charge in [-0.2, -0.15) is 0 Å². The van der Waals surface area contributed by atoms with Crippen LogP contribution in [-0.2, 0) is 4.74 Å². The first-order chi connectivity index (χ1) is 11.7. The van der Waals surface area contributed by atoms with Gasteiger partial charge < -0.3 is 20.1 Å². The predicted molar refractivity (Wildman–Crippen MR) is 89.6 cm³/mol. The molecule has 7 heteroatoms. The first-order valence-electron chi connectivity index (χ1n) is 8.07. The van der Waals surface area contributed by atoms with Gasteiger partial charge in [-0.25, -0.2) is 4.98 Å². The van der Waals surface area contributed by atoms with Gasteiger partial charge in [0.05, 0.1) is 37.5 Å². The van der Waals surface area contributed by atoms with Crippen LogP contribution in [0, 0.1) is 0 Å². The number of β-amino-alcohol motifs (C(OH)–C–C–N with tert-alkyl or cyclic N) is 1. The Bertz CT molecular complexity index is 636. The maximum absolute atomic E-state index is 12.2. The summed E-state index contributed by atoms with van der Waals surface area (Å²) in [7, 11) is 0. The highest BCUT2D eigenvalue weighted by molar-refractivity contribution is 5.94. The van der Waals surface area contributed by atoms with Crippen LogP contribution in [0.4, 0.5) is 0 Å². The van der Waals surface area contributed by atoms with Gasteiger partial charge in [-0.1, -0.05) is 12.1 Å². The molecule has 1 amide bonds. The van der Waals surface area contributed by atoms with E-state index in [1.54, 1.807) is 24.7 Å². The molecule has 1 aromatic carbocycles. The standard InChI is InChI=1S/C17H22N4O3/c22-15(11-21-5-7-24-8-6-21)9-19-17(23)14-3-1-13(2-4-14)16-10-18-12-20-16/h1-4,10,12,15,22H,5-9,11H2,(H,18,20)(H,19,23). The Hall–Kier alpha value is -2.22. The van der Waals surface area contributed by atoms with Crippen molar-refractivity contribution in [2.75, 3.05) is 39.4 Å². The van der Waals surface area contributed by atoms with Crippen LogP contribution in [0.1, 0.15) is 10.4 Å². The molecular formula is C17H22N4O3. The van der Waals surface area contributed by atoms with Crippen LogP contribution in [0.3, 0.4) is 0 Å². The summed E-state index contributed by atoms with van der Waals surface area (Å²) in [5.74, 6) is -0.188. The number of aliphatic hydroxyl groups is 1. The number of aromatic amines is 1. The molecule has 2 aromatic rings. The van der Waals surface area contributed by atoms with E-state index in [9.17, 15) is 9.90 Å². The summed E-state index contributed by atoms with van der Waals surface area (Å²) in [6.07, 6.45) is 2.76. The zero-order valence-electron chi connectivity index (χ0n) is 13.4. The largest absolute Gasteiger partial charge is 0.390 e. The zero-order chi connectivity index (χ0) is 16.8. The Labute approximate surface area is 140 Å². The number of imidazole rings is 1. The van der Waals surface area contributed by atoms with Crippen LogP contribution in [0.5, 0.6) is 0 Å². The average molecular weight is 330 g/mol. The number of carbonyl (C=O) groups excluding carboxylic acids is 1. The van der Waals surface area contributed by atoms with Crippen LogP contribution in [0.15, 0.2) is 36.8 Å². The van der Waals surface area contributed by atoms with Crippen LogP contribution >= 0.6 is 0 Å². The monoisotopic (exact) mass is 330 g/mol. The van der Waals surface area contributed by atoms with Gasteiger partial charge in [-0.3, -0.25) is 9.69 Å². The fourth-order valence-corrected chi connectivity index (χ4v) is 2.67. The number of aromatic nitrogens is 2. The van der Waals surface area contributed by atoms with Gasteiger partial charge in [0, 0.05) is 31.7 Å². The maximum Gasteiger partial charge on any atom is 0.251 e. The lowest BCUT2D eigenvalue weighted by molar-refractivity contribution is 0.0149. The second-order valence-corrected chi connectivity index (χ2v) is 5.82. The number of ether oxygens (including phenoxy) is 1. The van der Waals surface area contributed by atoms with Crippen molar-refractivity contribution in [1.29, 1.82) is 0 Å². The third kappa shape index (κ3) is 4.41. The minimum atomic E-state index is -0.587. The maximum atomic E-state index is 12.2. The van der Waals surface area contributed by atoms with Gasteiger partial charge in [-0.15, -0.1) is 0 Å². The normalized spacial score (nSPS) is 16.7. The summed E-state index contributed by atoms with van der Waals surface area (Å²) in [6.45, 7) is 3.81. The third-order valence-electron chi connectivity index (χ3n) is 4.03. The Morgan fingerprint density at radius 3 is 2.75 bits per heavy atom. The van der Waals surface area contributed by atoms with E-state index in [1.165, 1.54) is 0 Å². The molecule has 1 saturated heterocycles. The SMILES string of the molecule is O=C(NCC(O)CN1CCOCC1)c1ccc(-c2cnc[nH]2)cc1. The minimum Gasteiger partial charge on any atom is -0.390 e. The summed E-state index contributed by atoms with van der Waals surface area (Å²) in [6, 6.07) is 7.26. The molecule has 1 unspecified atom stereocenters. The van der Waals surface area contributed by atoms with E-state index < -0.39 is 6.10 Å². The molecule has 0 spiro atoms. The number of carbonyl (C=O) groups is 1. The number of hydrogen-bond acceptors (Lipinski definition) is 5. The van der Waals surface area contributed by atoms with Crippen molar-refractivity contribution in [3.8, 4) is 11.3 Å². The van der Waals surface area contributed by atoms with Crippen molar-refractivity contribution in [2.24, 2.45) is 0 Å². The Kier molecular flexibility index (Phi) is 5.58.